The van der Waals surface area contributed by atoms with Gasteiger partial charge >= 0.3 is 5.97 Å². The average molecular weight is 384 g/mol. The quantitative estimate of drug-likeness (QED) is 0.631. The van der Waals surface area contributed by atoms with Gasteiger partial charge < -0.3 is 9.64 Å². The van der Waals surface area contributed by atoms with Crippen molar-refractivity contribution in [3.63, 3.8) is 0 Å². The first-order chi connectivity index (χ1) is 13.5. The third-order valence-corrected chi connectivity index (χ3v) is 4.79. The minimum Gasteiger partial charge on any atom is -0.469 e. The van der Waals surface area contributed by atoms with Crippen LogP contribution in [-0.2, 0) is 14.3 Å². The fourth-order valence-corrected chi connectivity index (χ4v) is 3.07. The number of esters is 1. The highest BCUT2D eigenvalue weighted by molar-refractivity contribution is 5.86. The molecule has 2 unspecified atom stereocenters. The largest absolute Gasteiger partial charge is 0.469 e. The summed E-state index contributed by atoms with van der Waals surface area (Å²) in [6.07, 6.45) is 0.151. The predicted octanol–water partition coefficient (Wildman–Crippen LogP) is 5.01. The Morgan fingerprint density at radius 3 is 1.79 bits per heavy atom. The number of methoxy groups -OCH3 is 1. The lowest BCUT2D eigenvalue weighted by Crippen LogP contribution is -2.39. The van der Waals surface area contributed by atoms with E-state index in [9.17, 15) is 9.59 Å². The van der Waals surface area contributed by atoms with Crippen molar-refractivity contribution in [1.29, 1.82) is 0 Å². The lowest BCUT2D eigenvalue weighted by molar-refractivity contribution is -0.141. The minimum absolute atomic E-state index is 0.00366. The first-order valence-corrected chi connectivity index (χ1v) is 9.89. The fourth-order valence-electron chi connectivity index (χ4n) is 3.07. The summed E-state index contributed by atoms with van der Waals surface area (Å²) in [6.45, 7) is 7.97. The van der Waals surface area contributed by atoms with Gasteiger partial charge in [0.25, 0.3) is 0 Å². The van der Waals surface area contributed by atoms with Gasteiger partial charge in [0.05, 0.1) is 19.4 Å². The molecule has 2 aromatic rings. The van der Waals surface area contributed by atoms with Crippen LogP contribution in [0.15, 0.2) is 60.7 Å². The molecule has 152 valence electrons. The van der Waals surface area contributed by atoms with Gasteiger partial charge in [0.15, 0.2) is 0 Å². The summed E-state index contributed by atoms with van der Waals surface area (Å²) in [5, 5.41) is 0. The summed E-state index contributed by atoms with van der Waals surface area (Å²) in [5.41, 5.74) is 1.86. The Morgan fingerprint density at radius 2 is 1.36 bits per heavy atom. The SMILES string of the molecule is CC.COC(=O)CC(c1ccccc1)C(C(=O)N(C)C(C)C)c1ccccc1. The molecule has 0 radical (unpaired) electrons. The number of likely N-dealkylation sites (N-methyl/N-ethyl adjacent to an activating group) is 1. The van der Waals surface area contributed by atoms with Crippen LogP contribution in [0.1, 0.15) is 57.1 Å². The summed E-state index contributed by atoms with van der Waals surface area (Å²) in [4.78, 5) is 27.2. The maximum absolute atomic E-state index is 13.3. The van der Waals surface area contributed by atoms with Gasteiger partial charge in [0.1, 0.15) is 0 Å². The van der Waals surface area contributed by atoms with Crippen molar-refractivity contribution in [2.24, 2.45) is 0 Å². The van der Waals surface area contributed by atoms with Crippen molar-refractivity contribution in [2.45, 2.75) is 52.0 Å². The molecule has 4 heteroatoms. The van der Waals surface area contributed by atoms with E-state index in [1.165, 1.54) is 7.11 Å². The van der Waals surface area contributed by atoms with E-state index < -0.39 is 5.92 Å². The lowest BCUT2D eigenvalue weighted by Gasteiger charge is -2.32. The number of rotatable bonds is 7. The maximum atomic E-state index is 13.3. The van der Waals surface area contributed by atoms with Crippen LogP contribution in [0.25, 0.3) is 0 Å². The Balaban J connectivity index is 0.00000190. The third-order valence-electron chi connectivity index (χ3n) is 4.79. The smallest absolute Gasteiger partial charge is 0.306 e. The number of carbonyl (C=O) groups excluding carboxylic acids is 2. The van der Waals surface area contributed by atoms with Gasteiger partial charge in [0, 0.05) is 19.0 Å². The van der Waals surface area contributed by atoms with Gasteiger partial charge in [-0.3, -0.25) is 9.59 Å². The second-order valence-electron chi connectivity index (χ2n) is 6.73. The molecular formula is C24H33NO3. The van der Waals surface area contributed by atoms with Crippen molar-refractivity contribution in [3.8, 4) is 0 Å². The molecule has 2 atom stereocenters. The molecule has 0 saturated carbocycles. The van der Waals surface area contributed by atoms with Gasteiger partial charge in [-0.15, -0.1) is 0 Å². The maximum Gasteiger partial charge on any atom is 0.306 e. The number of carbonyl (C=O) groups is 2. The average Bonchev–Trinajstić information content (AvgIpc) is 2.75. The zero-order chi connectivity index (χ0) is 21.1. The Kier molecular flexibility index (Phi) is 10.0. The molecule has 0 aliphatic rings. The monoisotopic (exact) mass is 383 g/mol. The van der Waals surface area contributed by atoms with E-state index >= 15 is 0 Å². The molecule has 1 amide bonds. The first-order valence-electron chi connectivity index (χ1n) is 9.89. The highest BCUT2D eigenvalue weighted by Gasteiger charge is 2.35. The van der Waals surface area contributed by atoms with Crippen molar-refractivity contribution in [3.05, 3.63) is 71.8 Å². The molecule has 2 aromatic carbocycles. The van der Waals surface area contributed by atoms with E-state index in [1.54, 1.807) is 4.90 Å². The highest BCUT2D eigenvalue weighted by atomic mass is 16.5. The molecular weight excluding hydrogens is 350 g/mol. The normalized spacial score (nSPS) is 12.4. The molecule has 0 N–H and O–H groups in total. The Labute approximate surface area is 169 Å². The van der Waals surface area contributed by atoms with Crippen LogP contribution >= 0.6 is 0 Å². The van der Waals surface area contributed by atoms with Crippen molar-refractivity contribution in [1.82, 2.24) is 4.90 Å². The molecule has 0 spiro atoms. The minimum atomic E-state index is -0.454. The molecule has 0 heterocycles. The standard InChI is InChI=1S/C22H27NO3.C2H6/c1-16(2)23(3)22(25)21(18-13-9-6-10-14-18)19(15-20(24)26-4)17-11-7-5-8-12-17;1-2/h5-14,16,19,21H,15H2,1-4H3;1-2H3. The molecule has 4 nitrogen and oxygen atoms in total. The van der Waals surface area contributed by atoms with Crippen LogP contribution in [0.4, 0.5) is 0 Å². The van der Waals surface area contributed by atoms with Crippen LogP contribution in [0, 0.1) is 0 Å². The molecule has 0 bridgehead atoms. The Morgan fingerprint density at radius 1 is 0.893 bits per heavy atom. The van der Waals surface area contributed by atoms with E-state index in [2.05, 4.69) is 0 Å². The zero-order valence-corrected chi connectivity index (χ0v) is 17.9. The predicted molar refractivity (Wildman–Crippen MR) is 114 cm³/mol. The van der Waals surface area contributed by atoms with Crippen LogP contribution in [0.2, 0.25) is 0 Å². The molecule has 0 aliphatic carbocycles. The van der Waals surface area contributed by atoms with Gasteiger partial charge in [0.2, 0.25) is 5.91 Å². The van der Waals surface area contributed by atoms with Crippen LogP contribution in [-0.4, -0.2) is 37.0 Å². The summed E-state index contributed by atoms with van der Waals surface area (Å²) < 4.78 is 4.91. The van der Waals surface area contributed by atoms with E-state index in [1.807, 2.05) is 95.4 Å². The molecule has 0 aliphatic heterocycles. The lowest BCUT2D eigenvalue weighted by atomic mass is 9.78. The topological polar surface area (TPSA) is 46.6 Å². The first kappa shape index (κ1) is 23.4. The molecule has 0 aromatic heterocycles. The number of ether oxygens (including phenoxy) is 1. The van der Waals surface area contributed by atoms with E-state index in [4.69, 9.17) is 4.74 Å². The van der Waals surface area contributed by atoms with Gasteiger partial charge in [-0.2, -0.15) is 0 Å². The number of hydrogen-bond acceptors (Lipinski definition) is 3. The second-order valence-corrected chi connectivity index (χ2v) is 6.73. The van der Waals surface area contributed by atoms with E-state index in [0.717, 1.165) is 11.1 Å². The third kappa shape index (κ3) is 6.22. The zero-order valence-electron chi connectivity index (χ0n) is 17.9. The Hall–Kier alpha value is -2.62. The van der Waals surface area contributed by atoms with E-state index in [-0.39, 0.29) is 30.3 Å². The van der Waals surface area contributed by atoms with Crippen molar-refractivity contribution in [2.75, 3.05) is 14.2 Å². The van der Waals surface area contributed by atoms with Gasteiger partial charge in [-0.25, -0.2) is 0 Å². The van der Waals surface area contributed by atoms with Gasteiger partial charge in [-0.1, -0.05) is 74.5 Å². The van der Waals surface area contributed by atoms with Crippen molar-refractivity contribution >= 4 is 11.9 Å². The molecule has 2 rings (SSSR count). The Bertz CT molecular complexity index is 713. The summed E-state index contributed by atoms with van der Waals surface area (Å²) >= 11 is 0. The fraction of sp³-hybridized carbons (Fsp3) is 0.417. The second kappa shape index (κ2) is 12.0. The number of amides is 1. The van der Waals surface area contributed by atoms with Crippen LogP contribution in [0.3, 0.4) is 0 Å². The number of hydrogen-bond donors (Lipinski definition) is 0. The summed E-state index contributed by atoms with van der Waals surface area (Å²) in [5.74, 6) is -1.06. The molecule has 28 heavy (non-hydrogen) atoms. The van der Waals surface area contributed by atoms with Gasteiger partial charge in [-0.05, 0) is 25.0 Å². The number of benzene rings is 2. The molecule has 0 saturated heterocycles. The van der Waals surface area contributed by atoms with Crippen molar-refractivity contribution < 1.29 is 14.3 Å². The highest BCUT2D eigenvalue weighted by Crippen LogP contribution is 2.37. The molecule has 0 fully saturated rings. The number of nitrogens with zero attached hydrogens (tertiary/aromatic N) is 1. The van der Waals surface area contributed by atoms with E-state index in [0.29, 0.717) is 0 Å². The van der Waals surface area contributed by atoms with Crippen LogP contribution < -0.4 is 0 Å². The van der Waals surface area contributed by atoms with Crippen LogP contribution in [0.5, 0.6) is 0 Å². The summed E-state index contributed by atoms with van der Waals surface area (Å²) in [7, 11) is 3.19. The summed E-state index contributed by atoms with van der Waals surface area (Å²) in [6, 6.07) is 19.5.